The summed E-state index contributed by atoms with van der Waals surface area (Å²) in [6.45, 7) is 1.19. The van der Waals surface area contributed by atoms with Crippen LogP contribution in [0.5, 0.6) is 5.75 Å². The molecular formula is C9H6FNO2. The molecule has 0 saturated heterocycles. The van der Waals surface area contributed by atoms with E-state index in [-0.39, 0.29) is 11.1 Å². The van der Waals surface area contributed by atoms with Crippen molar-refractivity contribution in [3.63, 3.8) is 0 Å². The first kappa shape index (κ1) is 9.20. The quantitative estimate of drug-likeness (QED) is 0.666. The molecule has 0 aliphatic carbocycles. The highest BCUT2D eigenvalue weighted by Gasteiger charge is 2.12. The van der Waals surface area contributed by atoms with Crippen LogP contribution < -0.4 is 0 Å². The number of halogens is 1. The first-order chi connectivity index (χ1) is 6.06. The molecule has 0 fully saturated rings. The van der Waals surface area contributed by atoms with Gasteiger partial charge in [0.25, 0.3) is 0 Å². The van der Waals surface area contributed by atoms with Crippen molar-refractivity contribution < 1.29 is 14.3 Å². The van der Waals surface area contributed by atoms with Crippen molar-refractivity contribution in [2.75, 3.05) is 0 Å². The lowest BCUT2D eigenvalue weighted by atomic mass is 10.1. The van der Waals surface area contributed by atoms with Crippen molar-refractivity contribution in [3.05, 3.63) is 29.1 Å². The zero-order chi connectivity index (χ0) is 10.0. The highest BCUT2D eigenvalue weighted by Crippen LogP contribution is 2.23. The van der Waals surface area contributed by atoms with Crippen LogP contribution >= 0.6 is 0 Å². The number of aromatic hydroxyl groups is 1. The number of carbonyl (C=O) groups is 1. The number of ketones is 1. The molecule has 1 N–H and O–H groups in total. The third-order valence-electron chi connectivity index (χ3n) is 1.57. The third-order valence-corrected chi connectivity index (χ3v) is 1.57. The Morgan fingerprint density at radius 3 is 2.69 bits per heavy atom. The summed E-state index contributed by atoms with van der Waals surface area (Å²) in [6, 6.07) is 3.72. The zero-order valence-corrected chi connectivity index (χ0v) is 6.84. The number of phenolic OH excluding ortho intramolecular Hbond substituents is 1. The summed E-state index contributed by atoms with van der Waals surface area (Å²) in [4.78, 5) is 10.9. The summed E-state index contributed by atoms with van der Waals surface area (Å²) in [5.74, 6) is -2.13. The van der Waals surface area contributed by atoms with E-state index in [0.29, 0.717) is 0 Å². The normalized spacial score (nSPS) is 9.31. The van der Waals surface area contributed by atoms with Crippen molar-refractivity contribution in [2.24, 2.45) is 0 Å². The van der Waals surface area contributed by atoms with Gasteiger partial charge in [-0.1, -0.05) is 0 Å². The number of nitriles is 1. The molecule has 1 aromatic carbocycles. The van der Waals surface area contributed by atoms with Crippen LogP contribution in [0.25, 0.3) is 0 Å². The Hall–Kier alpha value is -1.89. The highest BCUT2D eigenvalue weighted by atomic mass is 19.1. The lowest BCUT2D eigenvalue weighted by Crippen LogP contribution is -1.96. The molecule has 1 aromatic rings. The van der Waals surface area contributed by atoms with Crippen molar-refractivity contribution in [1.82, 2.24) is 0 Å². The zero-order valence-electron chi connectivity index (χ0n) is 6.84. The van der Waals surface area contributed by atoms with Crippen LogP contribution in [0.1, 0.15) is 22.8 Å². The molecule has 0 radical (unpaired) electrons. The summed E-state index contributed by atoms with van der Waals surface area (Å²) in [5.41, 5.74) is -0.156. The molecule has 0 aromatic heterocycles. The average molecular weight is 179 g/mol. The number of nitrogens with zero attached hydrogens (tertiary/aromatic N) is 1. The van der Waals surface area contributed by atoms with Crippen LogP contribution in [-0.4, -0.2) is 10.9 Å². The molecule has 13 heavy (non-hydrogen) atoms. The molecular weight excluding hydrogens is 173 g/mol. The maximum atomic E-state index is 12.8. The van der Waals surface area contributed by atoms with E-state index >= 15 is 0 Å². The van der Waals surface area contributed by atoms with E-state index in [1.807, 2.05) is 0 Å². The van der Waals surface area contributed by atoms with Gasteiger partial charge in [0.1, 0.15) is 0 Å². The van der Waals surface area contributed by atoms with E-state index < -0.39 is 17.3 Å². The second-order valence-corrected chi connectivity index (χ2v) is 2.52. The van der Waals surface area contributed by atoms with Gasteiger partial charge in [0.05, 0.1) is 17.2 Å². The largest absolute Gasteiger partial charge is 0.504 e. The summed E-state index contributed by atoms with van der Waals surface area (Å²) >= 11 is 0. The fraction of sp³-hybridized carbons (Fsp3) is 0.111. The smallest absolute Gasteiger partial charge is 0.166 e. The molecule has 1 rings (SSSR count). The van der Waals surface area contributed by atoms with Crippen LogP contribution in [-0.2, 0) is 0 Å². The summed E-state index contributed by atoms with van der Waals surface area (Å²) in [5, 5.41) is 17.5. The van der Waals surface area contributed by atoms with E-state index in [0.717, 1.165) is 12.1 Å². The van der Waals surface area contributed by atoms with Gasteiger partial charge >= 0.3 is 0 Å². The Morgan fingerprint density at radius 2 is 2.23 bits per heavy atom. The Labute approximate surface area is 74.0 Å². The SMILES string of the molecule is CC(=O)c1cc(C#N)cc(F)c1O. The molecule has 0 spiro atoms. The standard InChI is InChI=1S/C9H6FNO2/c1-5(12)7-2-6(4-11)3-8(10)9(7)13/h2-3,13H,1H3. The molecule has 4 heteroatoms. The van der Waals surface area contributed by atoms with Gasteiger partial charge in [-0.3, -0.25) is 4.79 Å². The van der Waals surface area contributed by atoms with Gasteiger partial charge in [0, 0.05) is 0 Å². The second kappa shape index (κ2) is 3.23. The second-order valence-electron chi connectivity index (χ2n) is 2.52. The number of rotatable bonds is 1. The van der Waals surface area contributed by atoms with E-state index in [2.05, 4.69) is 0 Å². The minimum Gasteiger partial charge on any atom is -0.504 e. The third kappa shape index (κ3) is 1.64. The van der Waals surface area contributed by atoms with E-state index in [4.69, 9.17) is 10.4 Å². The Bertz CT molecular complexity index is 407. The molecule has 0 unspecified atom stereocenters. The van der Waals surface area contributed by atoms with E-state index in [9.17, 15) is 9.18 Å². The molecule has 0 bridgehead atoms. The predicted octanol–water partition coefficient (Wildman–Crippen LogP) is 1.61. The fourth-order valence-corrected chi connectivity index (χ4v) is 0.932. The molecule has 66 valence electrons. The van der Waals surface area contributed by atoms with Gasteiger partial charge in [-0.25, -0.2) is 4.39 Å². The number of hydrogen-bond donors (Lipinski definition) is 1. The summed E-state index contributed by atoms with van der Waals surface area (Å²) in [6.07, 6.45) is 0. The highest BCUT2D eigenvalue weighted by molar-refractivity contribution is 5.97. The molecule has 0 aliphatic rings. The minimum atomic E-state index is -0.954. The molecule has 0 amide bonds. The number of carbonyl (C=O) groups excluding carboxylic acids is 1. The Balaban J connectivity index is 3.44. The maximum Gasteiger partial charge on any atom is 0.166 e. The van der Waals surface area contributed by atoms with Gasteiger partial charge in [-0.2, -0.15) is 5.26 Å². The molecule has 0 heterocycles. The van der Waals surface area contributed by atoms with Crippen LogP contribution in [0.2, 0.25) is 0 Å². The summed E-state index contributed by atoms with van der Waals surface area (Å²) < 4.78 is 12.8. The topological polar surface area (TPSA) is 61.1 Å². The van der Waals surface area contributed by atoms with Crippen molar-refractivity contribution in [3.8, 4) is 11.8 Å². The number of Topliss-reactive ketones (excluding diaryl/α,β-unsaturated/α-hetero) is 1. The molecule has 0 atom stereocenters. The summed E-state index contributed by atoms with van der Waals surface area (Å²) in [7, 11) is 0. The van der Waals surface area contributed by atoms with Gasteiger partial charge < -0.3 is 5.11 Å². The van der Waals surface area contributed by atoms with Crippen molar-refractivity contribution in [2.45, 2.75) is 6.92 Å². The molecule has 0 aliphatic heterocycles. The Morgan fingerprint density at radius 1 is 1.62 bits per heavy atom. The lowest BCUT2D eigenvalue weighted by molar-refractivity contribution is 0.101. The van der Waals surface area contributed by atoms with Crippen LogP contribution in [0.3, 0.4) is 0 Å². The lowest BCUT2D eigenvalue weighted by Gasteiger charge is -2.01. The van der Waals surface area contributed by atoms with Crippen LogP contribution in [0, 0.1) is 17.1 Å². The van der Waals surface area contributed by atoms with Crippen LogP contribution in [0.4, 0.5) is 4.39 Å². The van der Waals surface area contributed by atoms with Crippen molar-refractivity contribution in [1.29, 1.82) is 5.26 Å². The van der Waals surface area contributed by atoms with E-state index in [1.165, 1.54) is 6.92 Å². The Kier molecular flexibility index (Phi) is 2.29. The first-order valence-corrected chi connectivity index (χ1v) is 3.50. The van der Waals surface area contributed by atoms with Gasteiger partial charge in [-0.05, 0) is 19.1 Å². The number of benzene rings is 1. The molecule has 3 nitrogen and oxygen atoms in total. The maximum absolute atomic E-state index is 12.8. The number of phenols is 1. The predicted molar refractivity (Wildman–Crippen MR) is 42.8 cm³/mol. The van der Waals surface area contributed by atoms with Gasteiger partial charge in [0.2, 0.25) is 0 Å². The fourth-order valence-electron chi connectivity index (χ4n) is 0.932. The van der Waals surface area contributed by atoms with Crippen molar-refractivity contribution >= 4 is 5.78 Å². The van der Waals surface area contributed by atoms with Crippen LogP contribution in [0.15, 0.2) is 12.1 Å². The monoisotopic (exact) mass is 179 g/mol. The van der Waals surface area contributed by atoms with Gasteiger partial charge in [-0.15, -0.1) is 0 Å². The average Bonchev–Trinajstić information content (AvgIpc) is 2.09. The minimum absolute atomic E-state index is 0.0144. The van der Waals surface area contributed by atoms with E-state index in [1.54, 1.807) is 6.07 Å². The molecule has 0 saturated carbocycles. The first-order valence-electron chi connectivity index (χ1n) is 3.50. The van der Waals surface area contributed by atoms with Gasteiger partial charge in [0.15, 0.2) is 17.3 Å². The number of hydrogen-bond acceptors (Lipinski definition) is 3.